The van der Waals surface area contributed by atoms with E-state index in [1.807, 2.05) is 0 Å². The van der Waals surface area contributed by atoms with E-state index < -0.39 is 0 Å². The first kappa shape index (κ1) is 26.2. The minimum Gasteiger partial charge on any atom is -0.508 e. The van der Waals surface area contributed by atoms with E-state index in [2.05, 4.69) is 99.6 Å². The SMILES string of the molecule is NNNNNNNNNNNNNNNNNNNN(O)CCc1ccc(O)cc1. The maximum absolute atomic E-state index is 9.62. The van der Waals surface area contributed by atoms with Gasteiger partial charge in [0.25, 0.3) is 0 Å². The van der Waals surface area contributed by atoms with Gasteiger partial charge in [-0.1, -0.05) is 12.1 Å². The molecule has 0 aliphatic rings. The van der Waals surface area contributed by atoms with E-state index in [4.69, 9.17) is 5.84 Å². The van der Waals surface area contributed by atoms with E-state index in [-0.39, 0.29) is 5.75 Å². The molecule has 22 nitrogen and oxygen atoms in total. The zero-order chi connectivity index (χ0) is 21.7. The van der Waals surface area contributed by atoms with Crippen LogP contribution in [0.15, 0.2) is 24.3 Å². The van der Waals surface area contributed by atoms with Crippen molar-refractivity contribution in [1.29, 1.82) is 0 Å². The average molecular weight is 438 g/mol. The Morgan fingerprint density at radius 2 is 1.03 bits per heavy atom. The van der Waals surface area contributed by atoms with E-state index in [1.54, 1.807) is 24.3 Å². The first-order valence-corrected chi connectivity index (χ1v) is 8.18. The molecule has 0 atom stereocenters. The van der Waals surface area contributed by atoms with Crippen LogP contribution in [-0.4, -0.2) is 22.0 Å². The second-order valence-corrected chi connectivity index (χ2v) is 4.80. The van der Waals surface area contributed by atoms with Crippen LogP contribution in [0.4, 0.5) is 0 Å². The number of hydrazine groups is 19. The number of hydrogen-bond acceptors (Lipinski definition) is 22. The molecule has 0 fully saturated rings. The van der Waals surface area contributed by atoms with Gasteiger partial charge >= 0.3 is 0 Å². The summed E-state index contributed by atoms with van der Waals surface area (Å²) in [6.45, 7) is 0.306. The van der Waals surface area contributed by atoms with Crippen LogP contribution in [0.2, 0.25) is 0 Å². The lowest BCUT2D eigenvalue weighted by Crippen LogP contribution is -2.69. The number of phenolic OH excluding ortho intramolecular Hbond substituents is 1. The molecule has 0 saturated heterocycles. The van der Waals surface area contributed by atoms with E-state index in [1.165, 1.54) is 0 Å². The quantitative estimate of drug-likeness (QED) is 0.0481. The molecule has 22 heteroatoms. The molecule has 0 aromatic heterocycles. The van der Waals surface area contributed by atoms with Crippen molar-refractivity contribution < 1.29 is 10.3 Å². The van der Waals surface area contributed by atoms with Crippen molar-refractivity contribution in [3.63, 3.8) is 0 Å². The van der Waals surface area contributed by atoms with Gasteiger partial charge in [0, 0.05) is 6.54 Å². The van der Waals surface area contributed by atoms with Crippen molar-refractivity contribution in [3.8, 4) is 5.75 Å². The molecule has 30 heavy (non-hydrogen) atoms. The van der Waals surface area contributed by atoms with Crippen LogP contribution < -0.4 is 105 Å². The van der Waals surface area contributed by atoms with Crippen molar-refractivity contribution in [2.24, 2.45) is 5.84 Å². The highest BCUT2D eigenvalue weighted by atomic mass is 16.5. The van der Waals surface area contributed by atoms with E-state index in [0.717, 1.165) is 10.7 Å². The molecule has 0 bridgehead atoms. The third-order valence-electron chi connectivity index (χ3n) is 2.74. The maximum Gasteiger partial charge on any atom is 0.115 e. The molecule has 0 amide bonds. The third-order valence-corrected chi connectivity index (χ3v) is 2.74. The molecular weight excluding hydrogens is 408 g/mol. The summed E-state index contributed by atoms with van der Waals surface area (Å²) >= 11 is 0. The summed E-state index contributed by atoms with van der Waals surface area (Å²) < 4.78 is 0. The predicted molar refractivity (Wildman–Crippen MR) is 101 cm³/mol. The van der Waals surface area contributed by atoms with Crippen LogP contribution in [0.3, 0.4) is 0 Å². The van der Waals surface area contributed by atoms with Crippen LogP contribution in [0.1, 0.15) is 5.56 Å². The second-order valence-electron chi connectivity index (χ2n) is 4.80. The van der Waals surface area contributed by atoms with Gasteiger partial charge in [-0.15, -0.1) is 5.17 Å². The molecule has 0 unspecified atom stereocenters. The van der Waals surface area contributed by atoms with Crippen molar-refractivity contribution >= 4 is 0 Å². The van der Waals surface area contributed by atoms with E-state index in [9.17, 15) is 10.3 Å². The predicted octanol–water partition coefficient (Wildman–Crippen LogP) is -8.42. The molecule has 0 heterocycles. The summed E-state index contributed by atoms with van der Waals surface area (Å²) in [5.41, 5.74) is 44.9. The lowest BCUT2D eigenvalue weighted by Gasteiger charge is -2.18. The molecule has 1 aromatic carbocycles. The number of benzene rings is 1. The summed E-state index contributed by atoms with van der Waals surface area (Å²) in [5.74, 6) is 5.12. The highest BCUT2D eigenvalue weighted by Gasteiger charge is 2.00. The Balaban J connectivity index is 1.76. The van der Waals surface area contributed by atoms with E-state index in [0.29, 0.717) is 13.0 Å². The number of hydroxylamine groups is 1. The zero-order valence-corrected chi connectivity index (χ0v) is 15.6. The van der Waals surface area contributed by atoms with Gasteiger partial charge in [0.1, 0.15) is 5.75 Å². The Bertz CT molecular complexity index is 492. The zero-order valence-electron chi connectivity index (χ0n) is 15.6. The number of nitrogens with two attached hydrogens (primary N) is 1. The lowest BCUT2D eigenvalue weighted by molar-refractivity contribution is -0.154. The molecule has 1 rings (SSSR count). The topological polar surface area (TPSA) is 286 Å². The standard InChI is InChI=1S/C8H30N20O2/c9-10-11-12-13-14-15-16-17-18-19-20-21-22-23-24-25-26-27-28(30)6-5-7-1-3-8(29)4-2-7/h1-4,10-27,29-30H,5-6,9H2. The summed E-state index contributed by atoms with van der Waals surface area (Å²) in [4.78, 5) is 0. The number of aromatic hydroxyl groups is 1. The fraction of sp³-hybridized carbons (Fsp3) is 0.250. The van der Waals surface area contributed by atoms with Gasteiger partial charge in [0.15, 0.2) is 0 Å². The number of hydrogen-bond donors (Lipinski definition) is 21. The minimum atomic E-state index is 0.198. The van der Waals surface area contributed by atoms with Crippen LogP contribution in [0.25, 0.3) is 0 Å². The summed E-state index contributed by atoms with van der Waals surface area (Å²) in [7, 11) is 0. The number of phenols is 1. The van der Waals surface area contributed by atoms with Crippen LogP contribution in [-0.2, 0) is 6.42 Å². The molecular formula is C8H30N20O2. The van der Waals surface area contributed by atoms with E-state index >= 15 is 0 Å². The highest BCUT2D eigenvalue weighted by Crippen LogP contribution is 2.09. The first-order valence-electron chi connectivity index (χ1n) is 8.18. The second kappa shape index (κ2) is 19.2. The highest BCUT2D eigenvalue weighted by molar-refractivity contribution is 5.25. The molecule has 174 valence electrons. The number of rotatable bonds is 21. The maximum atomic E-state index is 9.62. The molecule has 0 spiro atoms. The summed E-state index contributed by atoms with van der Waals surface area (Å²) in [5, 5.41) is 19.7. The summed E-state index contributed by atoms with van der Waals surface area (Å²) in [6.07, 6.45) is 0.574. The van der Waals surface area contributed by atoms with Crippen LogP contribution in [0, 0.1) is 0 Å². The van der Waals surface area contributed by atoms with Gasteiger partial charge in [0.2, 0.25) is 0 Å². The van der Waals surface area contributed by atoms with Crippen LogP contribution >= 0.6 is 0 Å². The van der Waals surface area contributed by atoms with Crippen molar-refractivity contribution in [2.75, 3.05) is 6.54 Å². The van der Waals surface area contributed by atoms with Gasteiger partial charge in [-0.25, -0.2) is 0 Å². The molecule has 0 aliphatic carbocycles. The summed E-state index contributed by atoms with van der Waals surface area (Å²) in [6, 6.07) is 6.72. The molecule has 0 saturated carbocycles. The largest absolute Gasteiger partial charge is 0.508 e. The molecule has 0 radical (unpaired) electrons. The van der Waals surface area contributed by atoms with Crippen molar-refractivity contribution in [2.45, 2.75) is 6.42 Å². The molecule has 1 aromatic rings. The first-order chi connectivity index (χ1) is 14.7. The monoisotopic (exact) mass is 438 g/mol. The third kappa shape index (κ3) is 16.0. The lowest BCUT2D eigenvalue weighted by atomic mass is 10.1. The smallest absolute Gasteiger partial charge is 0.115 e. The Kier molecular flexibility index (Phi) is 16.7. The van der Waals surface area contributed by atoms with Gasteiger partial charge in [-0.2, -0.15) is 99.6 Å². The number of nitrogens with zero attached hydrogens (tertiary/aromatic N) is 1. The van der Waals surface area contributed by atoms with Gasteiger partial charge in [-0.3, -0.25) is 11.0 Å². The van der Waals surface area contributed by atoms with Gasteiger partial charge in [-0.05, 0) is 24.1 Å². The Hall–Kier alpha value is -1.82. The van der Waals surface area contributed by atoms with Crippen molar-refractivity contribution in [1.82, 2.24) is 105 Å². The minimum absolute atomic E-state index is 0.198. The number of nitrogens with one attached hydrogen (secondary N) is 18. The molecule has 22 N–H and O–H groups in total. The Labute approximate surface area is 170 Å². The normalized spacial score (nSPS) is 11.4. The average Bonchev–Trinajstić information content (AvgIpc) is 2.75. The fourth-order valence-corrected chi connectivity index (χ4v) is 1.52. The Morgan fingerprint density at radius 3 is 1.47 bits per heavy atom. The van der Waals surface area contributed by atoms with Crippen LogP contribution in [0.5, 0.6) is 5.75 Å². The molecule has 0 aliphatic heterocycles. The van der Waals surface area contributed by atoms with Gasteiger partial charge < -0.3 is 5.11 Å². The van der Waals surface area contributed by atoms with Gasteiger partial charge in [0.05, 0.1) is 0 Å². The Morgan fingerprint density at radius 1 is 0.633 bits per heavy atom. The fourth-order valence-electron chi connectivity index (χ4n) is 1.52. The van der Waals surface area contributed by atoms with Crippen molar-refractivity contribution in [3.05, 3.63) is 29.8 Å².